The van der Waals surface area contributed by atoms with Gasteiger partial charge < -0.3 is 10.6 Å². The molecule has 1 aromatic carbocycles. The summed E-state index contributed by atoms with van der Waals surface area (Å²) in [7, 11) is 0. The minimum absolute atomic E-state index is 0.136. The standard InChI is InChI=1S/C11H15N3O2/c12-9-3-2-6-13(8-9)10-4-1-5-11(7-10)14(15)16/h1,4-5,7,9H,2-3,6,8,12H2. The second-order valence-electron chi connectivity index (χ2n) is 4.13. The Bertz CT molecular complexity index is 395. The lowest BCUT2D eigenvalue weighted by Crippen LogP contribution is -2.42. The summed E-state index contributed by atoms with van der Waals surface area (Å²) in [6.45, 7) is 1.70. The number of nitrogens with two attached hydrogens (primary N) is 1. The van der Waals surface area contributed by atoms with Gasteiger partial charge in [-0.05, 0) is 18.9 Å². The minimum atomic E-state index is -0.368. The average Bonchev–Trinajstić information content (AvgIpc) is 2.29. The molecule has 0 spiro atoms. The van der Waals surface area contributed by atoms with Crippen LogP contribution in [0.3, 0.4) is 0 Å². The van der Waals surface area contributed by atoms with Gasteiger partial charge in [-0.2, -0.15) is 0 Å². The molecule has 0 aromatic heterocycles. The molecule has 1 aromatic rings. The molecule has 1 aliphatic heterocycles. The number of rotatable bonds is 2. The van der Waals surface area contributed by atoms with Crippen molar-refractivity contribution in [3.8, 4) is 0 Å². The van der Waals surface area contributed by atoms with Crippen LogP contribution < -0.4 is 10.6 Å². The molecule has 16 heavy (non-hydrogen) atoms. The normalized spacial score (nSPS) is 20.8. The van der Waals surface area contributed by atoms with E-state index in [9.17, 15) is 10.1 Å². The maximum absolute atomic E-state index is 10.7. The zero-order chi connectivity index (χ0) is 11.5. The summed E-state index contributed by atoms with van der Waals surface area (Å²) < 4.78 is 0. The Morgan fingerprint density at radius 3 is 3.00 bits per heavy atom. The molecule has 2 N–H and O–H groups in total. The highest BCUT2D eigenvalue weighted by Crippen LogP contribution is 2.23. The molecule has 0 saturated carbocycles. The Labute approximate surface area is 94.0 Å². The maximum atomic E-state index is 10.7. The van der Waals surface area contributed by atoms with E-state index >= 15 is 0 Å². The topological polar surface area (TPSA) is 72.4 Å². The van der Waals surface area contributed by atoms with Gasteiger partial charge in [-0.3, -0.25) is 10.1 Å². The molecule has 0 radical (unpaired) electrons. The molecule has 1 atom stereocenters. The number of hydrogen-bond donors (Lipinski definition) is 1. The zero-order valence-corrected chi connectivity index (χ0v) is 9.00. The summed E-state index contributed by atoms with van der Waals surface area (Å²) in [5.41, 5.74) is 6.91. The number of nitro groups is 1. The largest absolute Gasteiger partial charge is 0.370 e. The second kappa shape index (κ2) is 4.49. The number of nitrogens with zero attached hydrogens (tertiary/aromatic N) is 2. The Balaban J connectivity index is 2.19. The van der Waals surface area contributed by atoms with Crippen molar-refractivity contribution in [1.82, 2.24) is 0 Å². The van der Waals surface area contributed by atoms with Gasteiger partial charge in [0.15, 0.2) is 0 Å². The first-order valence-electron chi connectivity index (χ1n) is 5.42. The molecule has 5 heteroatoms. The number of benzene rings is 1. The van der Waals surface area contributed by atoms with Crippen LogP contribution in [0.1, 0.15) is 12.8 Å². The third kappa shape index (κ3) is 2.30. The van der Waals surface area contributed by atoms with Crippen LogP contribution in [0.5, 0.6) is 0 Å². The van der Waals surface area contributed by atoms with Gasteiger partial charge >= 0.3 is 0 Å². The lowest BCUT2D eigenvalue weighted by atomic mass is 10.1. The molecule has 0 bridgehead atoms. The predicted molar refractivity (Wildman–Crippen MR) is 62.5 cm³/mol. The smallest absolute Gasteiger partial charge is 0.271 e. The van der Waals surface area contributed by atoms with Crippen LogP contribution in [-0.2, 0) is 0 Å². The Kier molecular flexibility index (Phi) is 3.05. The Hall–Kier alpha value is -1.62. The summed E-state index contributed by atoms with van der Waals surface area (Å²) in [5, 5.41) is 10.7. The average molecular weight is 221 g/mol. The highest BCUT2D eigenvalue weighted by Gasteiger charge is 2.18. The van der Waals surface area contributed by atoms with E-state index in [1.54, 1.807) is 12.1 Å². The first kappa shape index (κ1) is 10.9. The second-order valence-corrected chi connectivity index (χ2v) is 4.13. The molecule has 1 unspecified atom stereocenters. The van der Waals surface area contributed by atoms with Crippen LogP contribution in [-0.4, -0.2) is 24.1 Å². The van der Waals surface area contributed by atoms with Crippen molar-refractivity contribution < 1.29 is 4.92 Å². The van der Waals surface area contributed by atoms with Gasteiger partial charge in [0.1, 0.15) is 0 Å². The third-order valence-corrected chi connectivity index (χ3v) is 2.86. The van der Waals surface area contributed by atoms with E-state index in [0.717, 1.165) is 31.6 Å². The molecule has 0 aliphatic carbocycles. The van der Waals surface area contributed by atoms with E-state index < -0.39 is 0 Å². The van der Waals surface area contributed by atoms with Gasteiger partial charge in [-0.15, -0.1) is 0 Å². The fourth-order valence-electron chi connectivity index (χ4n) is 2.05. The zero-order valence-electron chi connectivity index (χ0n) is 9.00. The van der Waals surface area contributed by atoms with Crippen LogP contribution in [0.15, 0.2) is 24.3 Å². The van der Waals surface area contributed by atoms with Gasteiger partial charge in [0.25, 0.3) is 5.69 Å². The van der Waals surface area contributed by atoms with E-state index in [2.05, 4.69) is 4.90 Å². The van der Waals surface area contributed by atoms with Crippen molar-refractivity contribution in [2.24, 2.45) is 5.73 Å². The highest BCUT2D eigenvalue weighted by atomic mass is 16.6. The van der Waals surface area contributed by atoms with Gasteiger partial charge in [0.2, 0.25) is 0 Å². The minimum Gasteiger partial charge on any atom is -0.370 e. The van der Waals surface area contributed by atoms with Crippen molar-refractivity contribution in [1.29, 1.82) is 0 Å². The lowest BCUT2D eigenvalue weighted by Gasteiger charge is -2.32. The molecule has 0 amide bonds. The summed E-state index contributed by atoms with van der Waals surface area (Å²) >= 11 is 0. The van der Waals surface area contributed by atoms with Crippen molar-refractivity contribution in [2.45, 2.75) is 18.9 Å². The first-order chi connectivity index (χ1) is 7.66. The molecule has 1 fully saturated rings. The van der Waals surface area contributed by atoms with E-state index in [1.165, 1.54) is 6.07 Å². The number of hydrogen-bond acceptors (Lipinski definition) is 4. The van der Waals surface area contributed by atoms with Gasteiger partial charge in [-0.1, -0.05) is 6.07 Å². The summed E-state index contributed by atoms with van der Waals surface area (Å²) in [6, 6.07) is 6.90. The van der Waals surface area contributed by atoms with Gasteiger partial charge in [-0.25, -0.2) is 0 Å². The Morgan fingerprint density at radius 1 is 1.50 bits per heavy atom. The van der Waals surface area contributed by atoms with Crippen LogP contribution in [0.2, 0.25) is 0 Å². The summed E-state index contributed by atoms with van der Waals surface area (Å²) in [6.07, 6.45) is 2.08. The van der Waals surface area contributed by atoms with Gasteiger partial charge in [0, 0.05) is 37.0 Å². The maximum Gasteiger partial charge on any atom is 0.271 e. The molecule has 1 heterocycles. The SMILES string of the molecule is NC1CCCN(c2cccc([N+](=O)[O-])c2)C1. The number of nitro benzene ring substituents is 1. The number of non-ortho nitro benzene ring substituents is 1. The molecular formula is C11H15N3O2. The van der Waals surface area contributed by atoms with Crippen molar-refractivity contribution in [3.63, 3.8) is 0 Å². The van der Waals surface area contributed by atoms with Crippen LogP contribution >= 0.6 is 0 Å². The number of piperidine rings is 1. The predicted octanol–water partition coefficient (Wildman–Crippen LogP) is 1.52. The lowest BCUT2D eigenvalue weighted by molar-refractivity contribution is -0.384. The van der Waals surface area contributed by atoms with Crippen LogP contribution in [0, 0.1) is 10.1 Å². The van der Waals surface area contributed by atoms with Crippen LogP contribution in [0.4, 0.5) is 11.4 Å². The van der Waals surface area contributed by atoms with E-state index in [-0.39, 0.29) is 16.7 Å². The monoisotopic (exact) mass is 221 g/mol. The molecular weight excluding hydrogens is 206 g/mol. The highest BCUT2D eigenvalue weighted by molar-refractivity contribution is 5.53. The Morgan fingerprint density at radius 2 is 2.31 bits per heavy atom. The van der Waals surface area contributed by atoms with E-state index in [1.807, 2.05) is 6.07 Å². The molecule has 1 saturated heterocycles. The third-order valence-electron chi connectivity index (χ3n) is 2.86. The van der Waals surface area contributed by atoms with Gasteiger partial charge in [0.05, 0.1) is 4.92 Å². The summed E-state index contributed by atoms with van der Waals surface area (Å²) in [5.74, 6) is 0. The van der Waals surface area contributed by atoms with Crippen molar-refractivity contribution >= 4 is 11.4 Å². The molecule has 5 nitrogen and oxygen atoms in total. The quantitative estimate of drug-likeness (QED) is 0.607. The van der Waals surface area contributed by atoms with Crippen molar-refractivity contribution in [2.75, 3.05) is 18.0 Å². The molecule has 2 rings (SSSR count). The van der Waals surface area contributed by atoms with E-state index in [4.69, 9.17) is 5.73 Å². The van der Waals surface area contributed by atoms with Crippen LogP contribution in [0.25, 0.3) is 0 Å². The van der Waals surface area contributed by atoms with E-state index in [0.29, 0.717) is 0 Å². The first-order valence-corrected chi connectivity index (χ1v) is 5.42. The fourth-order valence-corrected chi connectivity index (χ4v) is 2.05. The molecule has 1 aliphatic rings. The molecule has 86 valence electrons. The summed E-state index contributed by atoms with van der Waals surface area (Å²) in [4.78, 5) is 12.4. The fraction of sp³-hybridized carbons (Fsp3) is 0.455. The number of anilines is 1. The van der Waals surface area contributed by atoms with Crippen molar-refractivity contribution in [3.05, 3.63) is 34.4 Å².